The molecule has 0 bridgehead atoms. The molecule has 0 spiro atoms. The molecule has 36 heavy (non-hydrogen) atoms. The maximum atomic E-state index is 13.3. The Morgan fingerprint density at radius 1 is 1.11 bits per heavy atom. The molecule has 0 unspecified atom stereocenters. The smallest absolute Gasteiger partial charge is 0.316 e. The quantitative estimate of drug-likeness (QED) is 0.291. The summed E-state index contributed by atoms with van der Waals surface area (Å²) in [6.07, 6.45) is 6.61. The average Bonchev–Trinajstić information content (AvgIpc) is 3.34. The molecule has 9 heteroatoms. The second kappa shape index (κ2) is 12.4. The van der Waals surface area contributed by atoms with Crippen LogP contribution in [0.2, 0.25) is 0 Å². The van der Waals surface area contributed by atoms with E-state index in [0.29, 0.717) is 24.7 Å². The maximum absolute atomic E-state index is 13.3. The standard InChI is InChI=1S/C27H34FN5O3/c1-19(28)13-14-24(34)33(15-8-6-7-12-23-31-25(32-36-23)27(2,3)4)22-11-9-10-20(16-22)21-17-29-26(35-5)30-18-21/h9-11,16-18H,1,6-8,12-15H2,2-5H3. The molecular formula is C27H34FN5O3. The van der Waals surface area contributed by atoms with E-state index in [2.05, 4.69) is 26.7 Å². The number of nitrogens with zero attached hydrogens (tertiary/aromatic N) is 5. The van der Waals surface area contributed by atoms with Crippen molar-refractivity contribution in [1.29, 1.82) is 0 Å². The van der Waals surface area contributed by atoms with Gasteiger partial charge in [0.15, 0.2) is 5.82 Å². The minimum absolute atomic E-state index is 0.00855. The number of hydrogen-bond acceptors (Lipinski definition) is 7. The van der Waals surface area contributed by atoms with Crippen LogP contribution in [0.3, 0.4) is 0 Å². The third-order valence-corrected chi connectivity index (χ3v) is 5.62. The minimum atomic E-state index is -0.499. The molecule has 0 radical (unpaired) electrons. The summed E-state index contributed by atoms with van der Waals surface area (Å²) in [5.74, 6) is 0.680. The SMILES string of the molecule is C=C(F)CCC(=O)N(CCCCCc1nc(C(C)(C)C)no1)c1cccc(-c2cnc(OC)nc2)c1. The van der Waals surface area contributed by atoms with E-state index in [0.717, 1.165) is 36.1 Å². The fourth-order valence-electron chi connectivity index (χ4n) is 3.58. The van der Waals surface area contributed by atoms with Gasteiger partial charge in [-0.2, -0.15) is 4.98 Å². The normalized spacial score (nSPS) is 11.4. The van der Waals surface area contributed by atoms with Gasteiger partial charge in [-0.25, -0.2) is 14.4 Å². The lowest BCUT2D eigenvalue weighted by molar-refractivity contribution is -0.118. The van der Waals surface area contributed by atoms with Gasteiger partial charge in [-0.15, -0.1) is 0 Å². The Morgan fingerprint density at radius 3 is 2.50 bits per heavy atom. The van der Waals surface area contributed by atoms with Crippen LogP contribution in [0.1, 0.15) is 64.6 Å². The molecule has 0 atom stereocenters. The summed E-state index contributed by atoms with van der Waals surface area (Å²) in [5.41, 5.74) is 2.26. The van der Waals surface area contributed by atoms with Gasteiger partial charge in [-0.1, -0.05) is 51.1 Å². The average molecular weight is 496 g/mol. The third kappa shape index (κ3) is 7.69. The van der Waals surface area contributed by atoms with Crippen LogP contribution in [0.25, 0.3) is 11.1 Å². The Morgan fingerprint density at radius 2 is 1.86 bits per heavy atom. The van der Waals surface area contributed by atoms with Crippen LogP contribution in [0, 0.1) is 0 Å². The molecule has 192 valence electrons. The van der Waals surface area contributed by atoms with Gasteiger partial charge in [-0.05, 0) is 30.5 Å². The highest BCUT2D eigenvalue weighted by Crippen LogP contribution is 2.26. The van der Waals surface area contributed by atoms with Gasteiger partial charge in [0.25, 0.3) is 0 Å². The van der Waals surface area contributed by atoms with E-state index >= 15 is 0 Å². The molecule has 0 aliphatic rings. The Bertz CT molecular complexity index is 1150. The Balaban J connectivity index is 1.65. The number of benzene rings is 1. The van der Waals surface area contributed by atoms with Crippen molar-refractivity contribution in [1.82, 2.24) is 20.1 Å². The lowest BCUT2D eigenvalue weighted by Gasteiger charge is -2.23. The van der Waals surface area contributed by atoms with Crippen molar-refractivity contribution in [3.8, 4) is 17.1 Å². The van der Waals surface area contributed by atoms with Crippen LogP contribution >= 0.6 is 0 Å². The molecule has 0 aliphatic carbocycles. The van der Waals surface area contributed by atoms with E-state index in [1.54, 1.807) is 17.3 Å². The number of anilines is 1. The second-order valence-corrected chi connectivity index (χ2v) is 9.64. The van der Waals surface area contributed by atoms with E-state index in [9.17, 15) is 9.18 Å². The maximum Gasteiger partial charge on any atom is 0.316 e. The van der Waals surface area contributed by atoms with E-state index in [1.165, 1.54) is 7.11 Å². The first-order valence-electron chi connectivity index (χ1n) is 12.1. The first kappa shape index (κ1) is 27.0. The Hall–Kier alpha value is -3.62. The summed E-state index contributed by atoms with van der Waals surface area (Å²) < 4.78 is 23.6. The van der Waals surface area contributed by atoms with Gasteiger partial charge in [-0.3, -0.25) is 4.79 Å². The van der Waals surface area contributed by atoms with Gasteiger partial charge in [0, 0.05) is 54.9 Å². The molecule has 2 aromatic heterocycles. The van der Waals surface area contributed by atoms with E-state index < -0.39 is 5.83 Å². The fourth-order valence-corrected chi connectivity index (χ4v) is 3.58. The van der Waals surface area contributed by atoms with Crippen molar-refractivity contribution in [2.75, 3.05) is 18.6 Å². The number of methoxy groups -OCH3 is 1. The minimum Gasteiger partial charge on any atom is -0.467 e. The van der Waals surface area contributed by atoms with Crippen LogP contribution in [-0.2, 0) is 16.6 Å². The predicted molar refractivity (Wildman–Crippen MR) is 136 cm³/mol. The van der Waals surface area contributed by atoms with E-state index in [4.69, 9.17) is 9.26 Å². The summed E-state index contributed by atoms with van der Waals surface area (Å²) >= 11 is 0. The molecule has 2 heterocycles. The summed E-state index contributed by atoms with van der Waals surface area (Å²) in [6.45, 7) is 9.92. The zero-order chi connectivity index (χ0) is 26.1. The Kier molecular flexibility index (Phi) is 9.27. The first-order chi connectivity index (χ1) is 17.2. The van der Waals surface area contributed by atoms with Crippen LogP contribution in [-0.4, -0.2) is 39.7 Å². The first-order valence-corrected chi connectivity index (χ1v) is 12.1. The van der Waals surface area contributed by atoms with Crippen LogP contribution in [0.5, 0.6) is 6.01 Å². The highest BCUT2D eigenvalue weighted by atomic mass is 19.1. The van der Waals surface area contributed by atoms with Crippen molar-refractivity contribution in [2.24, 2.45) is 0 Å². The molecular weight excluding hydrogens is 461 g/mol. The van der Waals surface area contributed by atoms with Gasteiger partial charge < -0.3 is 14.2 Å². The van der Waals surface area contributed by atoms with Crippen molar-refractivity contribution in [2.45, 2.75) is 64.7 Å². The number of amides is 1. The van der Waals surface area contributed by atoms with Crippen LogP contribution in [0.4, 0.5) is 10.1 Å². The Labute approximate surface area is 211 Å². The molecule has 0 fully saturated rings. The molecule has 0 aliphatic heterocycles. The van der Waals surface area contributed by atoms with Crippen molar-refractivity contribution in [3.05, 3.63) is 60.8 Å². The summed E-state index contributed by atoms with van der Waals surface area (Å²) in [6, 6.07) is 7.89. The molecule has 0 saturated carbocycles. The van der Waals surface area contributed by atoms with Gasteiger partial charge in [0.05, 0.1) is 12.9 Å². The highest BCUT2D eigenvalue weighted by molar-refractivity contribution is 5.94. The molecule has 1 aromatic carbocycles. The van der Waals surface area contributed by atoms with E-state index in [-0.39, 0.29) is 30.2 Å². The number of allylic oxidation sites excluding steroid dienone is 1. The number of halogens is 1. The number of unbranched alkanes of at least 4 members (excludes halogenated alkanes) is 2. The van der Waals surface area contributed by atoms with Gasteiger partial charge >= 0.3 is 6.01 Å². The second-order valence-electron chi connectivity index (χ2n) is 9.64. The number of carbonyl (C=O) groups excluding carboxylic acids is 1. The number of ether oxygens (including phenoxy) is 1. The zero-order valence-corrected chi connectivity index (χ0v) is 21.5. The number of hydrogen-bond donors (Lipinski definition) is 0. The summed E-state index contributed by atoms with van der Waals surface area (Å²) in [5, 5.41) is 4.06. The molecule has 0 N–H and O–H groups in total. The van der Waals surface area contributed by atoms with Crippen molar-refractivity contribution in [3.63, 3.8) is 0 Å². The number of carbonyl (C=O) groups is 1. The van der Waals surface area contributed by atoms with Gasteiger partial charge in [0.2, 0.25) is 11.8 Å². The molecule has 8 nitrogen and oxygen atoms in total. The van der Waals surface area contributed by atoms with Crippen LogP contribution in [0.15, 0.2) is 53.6 Å². The molecule has 0 saturated heterocycles. The molecule has 3 rings (SSSR count). The molecule has 1 amide bonds. The molecule has 3 aromatic rings. The number of aromatic nitrogens is 4. The van der Waals surface area contributed by atoms with E-state index in [1.807, 2.05) is 45.0 Å². The van der Waals surface area contributed by atoms with Crippen LogP contribution < -0.4 is 9.64 Å². The largest absolute Gasteiger partial charge is 0.467 e. The fraction of sp³-hybridized carbons (Fsp3) is 0.444. The summed E-state index contributed by atoms with van der Waals surface area (Å²) in [7, 11) is 1.51. The monoisotopic (exact) mass is 495 g/mol. The number of aryl methyl sites for hydroxylation is 1. The predicted octanol–water partition coefficient (Wildman–Crippen LogP) is 5.84. The zero-order valence-electron chi connectivity index (χ0n) is 21.5. The lowest BCUT2D eigenvalue weighted by atomic mass is 9.96. The van der Waals surface area contributed by atoms with Gasteiger partial charge in [0.1, 0.15) is 0 Å². The summed E-state index contributed by atoms with van der Waals surface area (Å²) in [4.78, 5) is 27.5. The lowest BCUT2D eigenvalue weighted by Crippen LogP contribution is -2.31. The van der Waals surface area contributed by atoms with Crippen molar-refractivity contribution < 1.29 is 18.4 Å². The highest BCUT2D eigenvalue weighted by Gasteiger charge is 2.21. The third-order valence-electron chi connectivity index (χ3n) is 5.62. The number of rotatable bonds is 12. The topological polar surface area (TPSA) is 94.2 Å². The van der Waals surface area contributed by atoms with Crippen molar-refractivity contribution >= 4 is 11.6 Å².